The van der Waals surface area contributed by atoms with Gasteiger partial charge in [0.2, 0.25) is 0 Å². The van der Waals surface area contributed by atoms with Gasteiger partial charge in [0.05, 0.1) is 11.0 Å². The number of nitrogens with zero attached hydrogens (tertiary/aromatic N) is 2. The van der Waals surface area contributed by atoms with Crippen molar-refractivity contribution in [2.45, 2.75) is 51.4 Å². The van der Waals surface area contributed by atoms with E-state index in [4.69, 9.17) is 0 Å². The van der Waals surface area contributed by atoms with Gasteiger partial charge in [0.1, 0.15) is 0 Å². The predicted molar refractivity (Wildman–Crippen MR) is 222 cm³/mol. The maximum Gasteiger partial charge on any atom is 0.0542 e. The van der Waals surface area contributed by atoms with Crippen molar-refractivity contribution >= 4 is 38.9 Å². The number of fused-ring (bicyclic) bond motifs is 4. The zero-order chi connectivity index (χ0) is 35.5. The molecule has 0 unspecified atom stereocenters. The molecule has 8 aromatic rings. The Hall–Kier alpha value is -5.86. The summed E-state index contributed by atoms with van der Waals surface area (Å²) in [7, 11) is 0. The molecule has 1 aromatic heterocycles. The highest BCUT2D eigenvalue weighted by molar-refractivity contribution is 6.10. The van der Waals surface area contributed by atoms with Gasteiger partial charge in [-0.3, -0.25) is 0 Å². The monoisotopic (exact) mass is 672 g/mol. The van der Waals surface area contributed by atoms with Gasteiger partial charge in [-0.1, -0.05) is 137 Å². The Bertz CT molecular complexity index is 2450. The Morgan fingerprint density at radius 1 is 0.404 bits per heavy atom. The Balaban J connectivity index is 1.20. The van der Waals surface area contributed by atoms with Crippen LogP contribution in [0.2, 0.25) is 0 Å². The second-order valence-electron chi connectivity index (χ2n) is 15.7. The summed E-state index contributed by atoms with van der Waals surface area (Å²) in [6.45, 7) is 9.63. The van der Waals surface area contributed by atoms with Crippen molar-refractivity contribution in [3.8, 4) is 27.9 Å². The first kappa shape index (κ1) is 32.1. The maximum atomic E-state index is 2.48. The van der Waals surface area contributed by atoms with Crippen LogP contribution in [-0.2, 0) is 10.8 Å². The van der Waals surface area contributed by atoms with E-state index in [0.717, 1.165) is 17.1 Å². The molecule has 0 amide bonds. The van der Waals surface area contributed by atoms with Crippen LogP contribution in [0.15, 0.2) is 170 Å². The topological polar surface area (TPSA) is 8.17 Å². The van der Waals surface area contributed by atoms with E-state index in [-0.39, 0.29) is 10.8 Å². The largest absolute Gasteiger partial charge is 0.310 e. The first-order valence-corrected chi connectivity index (χ1v) is 18.6. The fraction of sp³-hybridized carbons (Fsp3) is 0.160. The minimum atomic E-state index is 0.138. The van der Waals surface area contributed by atoms with E-state index in [1.807, 2.05) is 0 Å². The number of anilines is 3. The van der Waals surface area contributed by atoms with Crippen molar-refractivity contribution in [3.63, 3.8) is 0 Å². The molecule has 0 N–H and O–H groups in total. The lowest BCUT2D eigenvalue weighted by Crippen LogP contribution is -2.33. The molecular formula is C50H44N2. The molecule has 0 saturated carbocycles. The minimum Gasteiger partial charge on any atom is -0.310 e. The van der Waals surface area contributed by atoms with Crippen molar-refractivity contribution in [2.75, 3.05) is 4.90 Å². The molecule has 254 valence electrons. The van der Waals surface area contributed by atoms with Gasteiger partial charge in [-0.25, -0.2) is 0 Å². The summed E-state index contributed by atoms with van der Waals surface area (Å²) >= 11 is 0. The van der Waals surface area contributed by atoms with Gasteiger partial charge in [0.15, 0.2) is 0 Å². The van der Waals surface area contributed by atoms with Gasteiger partial charge in [-0.05, 0) is 118 Å². The standard InChI is InChI=1S/C50H44N2/c1-49(2)31-32-50(3,4)46-34-42(27-29-45(46)49)52-47-18-12-11-17-43(47)44-33-41(28-30-48(44)52)51(39-23-19-37(20-24-39)35-13-7-5-8-14-35)40-25-21-38(22-26-40)36-15-9-6-10-16-36/h5-30,33-34H,31-32H2,1-4H3. The number of para-hydroxylation sites is 1. The molecule has 0 saturated heterocycles. The van der Waals surface area contributed by atoms with Crippen LogP contribution < -0.4 is 4.90 Å². The van der Waals surface area contributed by atoms with Gasteiger partial charge < -0.3 is 9.47 Å². The van der Waals surface area contributed by atoms with Crippen molar-refractivity contribution in [1.82, 2.24) is 4.57 Å². The van der Waals surface area contributed by atoms with Gasteiger partial charge in [0, 0.05) is 33.5 Å². The van der Waals surface area contributed by atoms with Crippen LogP contribution in [0.1, 0.15) is 51.7 Å². The van der Waals surface area contributed by atoms with E-state index >= 15 is 0 Å². The summed E-state index contributed by atoms with van der Waals surface area (Å²) in [5.41, 5.74) is 15.2. The van der Waals surface area contributed by atoms with Crippen LogP contribution in [0.25, 0.3) is 49.7 Å². The van der Waals surface area contributed by atoms with Gasteiger partial charge in [-0.2, -0.15) is 0 Å². The Kier molecular flexibility index (Phi) is 7.66. The van der Waals surface area contributed by atoms with E-state index in [0.29, 0.717) is 0 Å². The average molecular weight is 673 g/mol. The molecule has 2 nitrogen and oxygen atoms in total. The SMILES string of the molecule is CC1(C)CCC(C)(C)c2cc(-n3c4ccccc4c4cc(N(c5ccc(-c6ccccc6)cc5)c5ccc(-c6ccccc6)cc5)ccc43)ccc21. The van der Waals surface area contributed by atoms with E-state index < -0.39 is 0 Å². The summed E-state index contributed by atoms with van der Waals surface area (Å²) in [4.78, 5) is 2.39. The number of hydrogen-bond donors (Lipinski definition) is 0. The Morgan fingerprint density at radius 2 is 0.885 bits per heavy atom. The second kappa shape index (κ2) is 12.4. The average Bonchev–Trinajstić information content (AvgIpc) is 3.52. The van der Waals surface area contributed by atoms with Crippen LogP contribution in [-0.4, -0.2) is 4.57 Å². The fourth-order valence-corrected chi connectivity index (χ4v) is 8.41. The van der Waals surface area contributed by atoms with Gasteiger partial charge >= 0.3 is 0 Å². The lowest BCUT2D eigenvalue weighted by molar-refractivity contribution is 0.332. The molecule has 0 bridgehead atoms. The lowest BCUT2D eigenvalue weighted by Gasteiger charge is -2.42. The highest BCUT2D eigenvalue weighted by Gasteiger charge is 2.37. The van der Waals surface area contributed by atoms with Crippen molar-refractivity contribution in [1.29, 1.82) is 0 Å². The third-order valence-electron chi connectivity index (χ3n) is 11.5. The smallest absolute Gasteiger partial charge is 0.0542 e. The normalized spacial score (nSPS) is 14.7. The molecule has 9 rings (SSSR count). The first-order chi connectivity index (χ1) is 25.3. The third kappa shape index (κ3) is 5.51. The van der Waals surface area contributed by atoms with Crippen LogP contribution in [0.4, 0.5) is 17.1 Å². The molecule has 2 heteroatoms. The van der Waals surface area contributed by atoms with Gasteiger partial charge in [-0.15, -0.1) is 0 Å². The molecular weight excluding hydrogens is 629 g/mol. The molecule has 0 fully saturated rings. The molecule has 0 spiro atoms. The van der Waals surface area contributed by atoms with Crippen molar-refractivity contribution in [3.05, 3.63) is 181 Å². The number of benzene rings is 7. The van der Waals surface area contributed by atoms with Crippen LogP contribution >= 0.6 is 0 Å². The second-order valence-corrected chi connectivity index (χ2v) is 15.7. The summed E-state index contributed by atoms with van der Waals surface area (Å²) in [5.74, 6) is 0. The van der Waals surface area contributed by atoms with Crippen molar-refractivity contribution in [2.24, 2.45) is 0 Å². The number of rotatable bonds is 6. The summed E-state index contributed by atoms with van der Waals surface area (Å²) in [6, 6.07) is 62.2. The quantitative estimate of drug-likeness (QED) is 0.171. The van der Waals surface area contributed by atoms with E-state index in [1.54, 1.807) is 0 Å². The minimum absolute atomic E-state index is 0.138. The van der Waals surface area contributed by atoms with Crippen molar-refractivity contribution < 1.29 is 0 Å². The Morgan fingerprint density at radius 3 is 1.48 bits per heavy atom. The predicted octanol–water partition coefficient (Wildman–Crippen LogP) is 13.9. The molecule has 0 atom stereocenters. The first-order valence-electron chi connectivity index (χ1n) is 18.6. The molecule has 0 radical (unpaired) electrons. The number of hydrogen-bond acceptors (Lipinski definition) is 1. The highest BCUT2D eigenvalue weighted by Crippen LogP contribution is 2.47. The van der Waals surface area contributed by atoms with E-state index in [9.17, 15) is 0 Å². The van der Waals surface area contributed by atoms with Crippen LogP contribution in [0, 0.1) is 0 Å². The number of aromatic nitrogens is 1. The molecule has 1 aliphatic carbocycles. The Labute approximate surface area is 307 Å². The summed E-state index contributed by atoms with van der Waals surface area (Å²) in [5, 5.41) is 2.51. The van der Waals surface area contributed by atoms with Crippen LogP contribution in [0.5, 0.6) is 0 Å². The zero-order valence-corrected chi connectivity index (χ0v) is 30.5. The maximum absolute atomic E-state index is 2.48. The van der Waals surface area contributed by atoms with Gasteiger partial charge in [0.25, 0.3) is 0 Å². The van der Waals surface area contributed by atoms with Crippen LogP contribution in [0.3, 0.4) is 0 Å². The summed E-state index contributed by atoms with van der Waals surface area (Å²) < 4.78 is 2.47. The molecule has 0 aliphatic heterocycles. The lowest BCUT2D eigenvalue weighted by atomic mass is 9.63. The van der Waals surface area contributed by atoms with E-state index in [1.165, 1.54) is 73.7 Å². The fourth-order valence-electron chi connectivity index (χ4n) is 8.41. The molecule has 1 heterocycles. The highest BCUT2D eigenvalue weighted by atomic mass is 15.1. The zero-order valence-electron chi connectivity index (χ0n) is 30.5. The molecule has 7 aromatic carbocycles. The summed E-state index contributed by atoms with van der Waals surface area (Å²) in [6.07, 6.45) is 2.41. The van der Waals surface area contributed by atoms with E-state index in [2.05, 4.69) is 207 Å². The third-order valence-corrected chi connectivity index (χ3v) is 11.5. The molecule has 1 aliphatic rings. The molecule has 52 heavy (non-hydrogen) atoms.